The number of carbonyl (C=O) groups excluding carboxylic acids is 1. The summed E-state index contributed by atoms with van der Waals surface area (Å²) < 4.78 is 27.0. The molecule has 1 amide bonds. The van der Waals surface area contributed by atoms with Gasteiger partial charge in [-0.15, -0.1) is 11.3 Å². The number of benzene rings is 2. The standard InChI is InChI=1S/C21H15F2N3OS/c1-11-2-5-14(23)10-16(11)25-20(27)18-15-8-9-17(24)26-21(15)28-19(18)12-3-6-13(22)7-4-12/h2-10H,1H3,(H2,24,26)(H,25,27). The molecule has 0 fully saturated rings. The van der Waals surface area contributed by atoms with Crippen LogP contribution in [0.25, 0.3) is 20.7 Å². The van der Waals surface area contributed by atoms with E-state index in [9.17, 15) is 13.6 Å². The van der Waals surface area contributed by atoms with Crippen LogP contribution in [0, 0.1) is 18.6 Å². The predicted octanol–water partition coefficient (Wildman–Crippen LogP) is 5.38. The maximum Gasteiger partial charge on any atom is 0.257 e. The first-order valence-corrected chi connectivity index (χ1v) is 9.26. The third-order valence-electron chi connectivity index (χ3n) is 4.36. The third-order valence-corrected chi connectivity index (χ3v) is 5.51. The number of pyridine rings is 1. The summed E-state index contributed by atoms with van der Waals surface area (Å²) in [5.41, 5.74) is 7.98. The number of nitrogens with two attached hydrogens (primary N) is 1. The summed E-state index contributed by atoms with van der Waals surface area (Å²) in [6, 6.07) is 13.4. The maximum absolute atomic E-state index is 13.6. The number of thiophene rings is 1. The minimum absolute atomic E-state index is 0.340. The Kier molecular flexibility index (Phi) is 4.52. The molecule has 2 aromatic carbocycles. The smallest absolute Gasteiger partial charge is 0.257 e. The number of nitrogens with one attached hydrogen (secondary N) is 1. The normalized spacial score (nSPS) is 11.0. The summed E-state index contributed by atoms with van der Waals surface area (Å²) in [5.74, 6) is -0.865. The highest BCUT2D eigenvalue weighted by molar-refractivity contribution is 7.22. The lowest BCUT2D eigenvalue weighted by Crippen LogP contribution is -2.13. The van der Waals surface area contributed by atoms with E-state index < -0.39 is 11.7 Å². The Bertz CT molecular complexity index is 1200. The van der Waals surface area contributed by atoms with Gasteiger partial charge in [0, 0.05) is 16.0 Å². The SMILES string of the molecule is Cc1ccc(F)cc1NC(=O)c1c(-c2ccc(F)cc2)sc2nc(N)ccc12. The van der Waals surface area contributed by atoms with Crippen LogP contribution >= 0.6 is 11.3 Å². The zero-order valence-corrected chi connectivity index (χ0v) is 15.6. The summed E-state index contributed by atoms with van der Waals surface area (Å²) in [6.45, 7) is 1.78. The van der Waals surface area contributed by atoms with Gasteiger partial charge in [0.15, 0.2) is 0 Å². The second-order valence-corrected chi connectivity index (χ2v) is 7.31. The Hall–Kier alpha value is -3.32. The van der Waals surface area contributed by atoms with Crippen LogP contribution < -0.4 is 11.1 Å². The second-order valence-electron chi connectivity index (χ2n) is 6.32. The Balaban J connectivity index is 1.86. The Morgan fingerprint density at radius 2 is 1.75 bits per heavy atom. The number of carbonyl (C=O) groups is 1. The Morgan fingerprint density at radius 1 is 1.04 bits per heavy atom. The van der Waals surface area contributed by atoms with Gasteiger partial charge in [-0.3, -0.25) is 4.79 Å². The van der Waals surface area contributed by atoms with E-state index in [1.165, 1.54) is 35.6 Å². The monoisotopic (exact) mass is 395 g/mol. The first-order chi connectivity index (χ1) is 13.4. The van der Waals surface area contributed by atoms with Crippen LogP contribution in [0.3, 0.4) is 0 Å². The molecule has 0 radical (unpaired) electrons. The molecule has 2 aromatic heterocycles. The molecule has 2 heterocycles. The summed E-state index contributed by atoms with van der Waals surface area (Å²) >= 11 is 1.29. The van der Waals surface area contributed by atoms with Gasteiger partial charge in [-0.25, -0.2) is 13.8 Å². The fraction of sp³-hybridized carbons (Fsp3) is 0.0476. The number of aromatic nitrogens is 1. The molecule has 0 aliphatic heterocycles. The number of nitrogens with zero attached hydrogens (tertiary/aromatic N) is 1. The first-order valence-electron chi connectivity index (χ1n) is 8.45. The van der Waals surface area contributed by atoms with E-state index in [1.54, 1.807) is 37.3 Å². The maximum atomic E-state index is 13.6. The highest BCUT2D eigenvalue weighted by Gasteiger charge is 2.22. The summed E-state index contributed by atoms with van der Waals surface area (Å²) in [4.78, 5) is 18.7. The number of rotatable bonds is 3. The topological polar surface area (TPSA) is 68.0 Å². The lowest BCUT2D eigenvalue weighted by atomic mass is 10.1. The molecule has 3 N–H and O–H groups in total. The molecule has 7 heteroatoms. The first kappa shape index (κ1) is 18.1. The molecule has 0 aliphatic carbocycles. The summed E-state index contributed by atoms with van der Waals surface area (Å²) in [7, 11) is 0. The van der Waals surface area contributed by atoms with Gasteiger partial charge in [-0.05, 0) is 54.4 Å². The van der Waals surface area contributed by atoms with E-state index in [0.29, 0.717) is 37.7 Å². The molecule has 0 aliphatic rings. The molecule has 4 nitrogen and oxygen atoms in total. The summed E-state index contributed by atoms with van der Waals surface area (Å²) in [5, 5.41) is 3.41. The van der Waals surface area contributed by atoms with Gasteiger partial charge in [-0.1, -0.05) is 18.2 Å². The van der Waals surface area contributed by atoms with Gasteiger partial charge < -0.3 is 11.1 Å². The number of amides is 1. The Labute approximate surface area is 163 Å². The second kappa shape index (κ2) is 7.01. The predicted molar refractivity (Wildman–Crippen MR) is 109 cm³/mol. The quantitative estimate of drug-likeness (QED) is 0.489. The molecule has 140 valence electrons. The van der Waals surface area contributed by atoms with Crippen molar-refractivity contribution < 1.29 is 13.6 Å². The molecule has 28 heavy (non-hydrogen) atoms. The lowest BCUT2D eigenvalue weighted by molar-refractivity contribution is 0.102. The van der Waals surface area contributed by atoms with Crippen LogP contribution in [0.5, 0.6) is 0 Å². The van der Waals surface area contributed by atoms with Crippen molar-refractivity contribution in [2.45, 2.75) is 6.92 Å². The van der Waals surface area contributed by atoms with Gasteiger partial charge in [0.05, 0.1) is 5.56 Å². The van der Waals surface area contributed by atoms with Crippen molar-refractivity contribution in [3.63, 3.8) is 0 Å². The largest absolute Gasteiger partial charge is 0.384 e. The average molecular weight is 395 g/mol. The van der Waals surface area contributed by atoms with E-state index >= 15 is 0 Å². The molecule has 0 saturated carbocycles. The van der Waals surface area contributed by atoms with E-state index in [4.69, 9.17) is 5.73 Å². The average Bonchev–Trinajstić information content (AvgIpc) is 3.03. The fourth-order valence-corrected chi connectivity index (χ4v) is 4.12. The number of hydrogen-bond donors (Lipinski definition) is 2. The Morgan fingerprint density at radius 3 is 2.50 bits per heavy atom. The molecule has 0 saturated heterocycles. The van der Waals surface area contributed by atoms with Crippen LogP contribution in [0.4, 0.5) is 20.3 Å². The highest BCUT2D eigenvalue weighted by atomic mass is 32.1. The van der Waals surface area contributed by atoms with Crippen molar-refractivity contribution in [2.75, 3.05) is 11.1 Å². The van der Waals surface area contributed by atoms with Crippen molar-refractivity contribution in [1.82, 2.24) is 4.98 Å². The van der Waals surface area contributed by atoms with Gasteiger partial charge in [0.2, 0.25) is 0 Å². The van der Waals surface area contributed by atoms with Crippen LogP contribution in [-0.2, 0) is 0 Å². The molecule has 0 atom stereocenters. The van der Waals surface area contributed by atoms with Crippen LogP contribution in [-0.4, -0.2) is 10.9 Å². The molecular formula is C21H15F2N3OS. The third kappa shape index (κ3) is 3.32. The lowest BCUT2D eigenvalue weighted by Gasteiger charge is -2.10. The van der Waals surface area contributed by atoms with Crippen molar-refractivity contribution >= 4 is 39.0 Å². The molecule has 0 unspecified atom stereocenters. The van der Waals surface area contributed by atoms with Crippen molar-refractivity contribution in [1.29, 1.82) is 0 Å². The van der Waals surface area contributed by atoms with Crippen LogP contribution in [0.1, 0.15) is 15.9 Å². The highest BCUT2D eigenvalue weighted by Crippen LogP contribution is 2.38. The number of fused-ring (bicyclic) bond motifs is 1. The molecule has 0 bridgehead atoms. The van der Waals surface area contributed by atoms with E-state index in [2.05, 4.69) is 10.3 Å². The van der Waals surface area contributed by atoms with Crippen LogP contribution in [0.15, 0.2) is 54.6 Å². The van der Waals surface area contributed by atoms with Crippen LogP contribution in [0.2, 0.25) is 0 Å². The minimum atomic E-state index is -0.440. The van der Waals surface area contributed by atoms with E-state index in [-0.39, 0.29) is 5.82 Å². The van der Waals surface area contributed by atoms with Crippen molar-refractivity contribution in [2.24, 2.45) is 0 Å². The van der Waals surface area contributed by atoms with Gasteiger partial charge in [-0.2, -0.15) is 0 Å². The fourth-order valence-electron chi connectivity index (χ4n) is 2.94. The van der Waals surface area contributed by atoms with E-state index in [1.807, 2.05) is 0 Å². The number of nitrogen functional groups attached to an aromatic ring is 1. The molecular weight excluding hydrogens is 380 g/mol. The van der Waals surface area contributed by atoms with Crippen molar-refractivity contribution in [3.8, 4) is 10.4 Å². The molecule has 0 spiro atoms. The zero-order valence-electron chi connectivity index (χ0n) is 14.8. The molecule has 4 aromatic rings. The number of halogens is 2. The van der Waals surface area contributed by atoms with Gasteiger partial charge in [0.25, 0.3) is 5.91 Å². The molecule has 4 rings (SSSR count). The number of hydrogen-bond acceptors (Lipinski definition) is 4. The van der Waals surface area contributed by atoms with Crippen molar-refractivity contribution in [3.05, 3.63) is 77.4 Å². The number of anilines is 2. The van der Waals surface area contributed by atoms with Gasteiger partial charge in [0.1, 0.15) is 22.3 Å². The summed E-state index contributed by atoms with van der Waals surface area (Å²) in [6.07, 6.45) is 0. The van der Waals surface area contributed by atoms with E-state index in [0.717, 1.165) is 5.56 Å². The zero-order chi connectivity index (χ0) is 19.8. The van der Waals surface area contributed by atoms with Gasteiger partial charge >= 0.3 is 0 Å². The number of aryl methyl sites for hydroxylation is 1. The minimum Gasteiger partial charge on any atom is -0.384 e.